The van der Waals surface area contributed by atoms with Crippen LogP contribution in [0.4, 0.5) is 0 Å². The smallest absolute Gasteiger partial charge is 0.243 e. The number of nitrogens with zero attached hydrogens (tertiary/aromatic N) is 1. The van der Waals surface area contributed by atoms with Crippen molar-refractivity contribution < 1.29 is 9.59 Å². The molecule has 0 saturated heterocycles. The van der Waals surface area contributed by atoms with Gasteiger partial charge in [0.25, 0.3) is 0 Å². The number of rotatable bonds is 9. The second-order valence-electron chi connectivity index (χ2n) is 9.44. The Kier molecular flexibility index (Phi) is 10.1. The molecular formula is C28H29Cl3N2O2S. The van der Waals surface area contributed by atoms with E-state index in [9.17, 15) is 9.59 Å². The normalized spacial score (nSPS) is 12.2. The van der Waals surface area contributed by atoms with Crippen LogP contribution in [-0.4, -0.2) is 34.0 Å². The van der Waals surface area contributed by atoms with E-state index in [0.717, 1.165) is 10.5 Å². The van der Waals surface area contributed by atoms with Gasteiger partial charge in [-0.3, -0.25) is 9.59 Å². The van der Waals surface area contributed by atoms with Crippen molar-refractivity contribution >= 4 is 58.4 Å². The molecule has 0 heterocycles. The molecule has 1 N–H and O–H groups in total. The first-order valence-corrected chi connectivity index (χ1v) is 13.6. The van der Waals surface area contributed by atoms with Crippen LogP contribution in [0.5, 0.6) is 0 Å². The van der Waals surface area contributed by atoms with Gasteiger partial charge in [0.2, 0.25) is 11.8 Å². The van der Waals surface area contributed by atoms with Gasteiger partial charge in [0, 0.05) is 38.5 Å². The molecule has 1 atom stereocenters. The number of carbonyl (C=O) groups is 2. The molecule has 3 aromatic rings. The van der Waals surface area contributed by atoms with Crippen molar-refractivity contribution in [3.05, 3.63) is 99.0 Å². The molecule has 0 aromatic heterocycles. The zero-order valence-electron chi connectivity index (χ0n) is 20.4. The van der Waals surface area contributed by atoms with Crippen molar-refractivity contribution in [3.63, 3.8) is 0 Å². The van der Waals surface area contributed by atoms with E-state index in [2.05, 4.69) is 5.32 Å². The quantitative estimate of drug-likeness (QED) is 0.278. The number of amides is 2. The van der Waals surface area contributed by atoms with Gasteiger partial charge in [-0.2, -0.15) is 0 Å². The lowest BCUT2D eigenvalue weighted by molar-refractivity contribution is -0.140. The highest BCUT2D eigenvalue weighted by atomic mass is 35.5. The Morgan fingerprint density at radius 2 is 1.56 bits per heavy atom. The van der Waals surface area contributed by atoms with Gasteiger partial charge in [0.1, 0.15) is 6.04 Å². The third-order valence-corrected chi connectivity index (χ3v) is 7.14. The average molecular weight is 564 g/mol. The van der Waals surface area contributed by atoms with E-state index in [1.165, 1.54) is 11.8 Å². The minimum absolute atomic E-state index is 0.154. The Morgan fingerprint density at radius 3 is 2.17 bits per heavy atom. The zero-order valence-corrected chi connectivity index (χ0v) is 23.5. The van der Waals surface area contributed by atoms with Crippen molar-refractivity contribution in [3.8, 4) is 0 Å². The third kappa shape index (κ3) is 8.74. The molecule has 0 fully saturated rings. The minimum atomic E-state index is -0.739. The van der Waals surface area contributed by atoms with Crippen LogP contribution in [0.15, 0.2) is 77.7 Å². The van der Waals surface area contributed by atoms with Crippen LogP contribution in [0.2, 0.25) is 15.1 Å². The van der Waals surface area contributed by atoms with Gasteiger partial charge in [0.15, 0.2) is 0 Å². The summed E-state index contributed by atoms with van der Waals surface area (Å²) in [5, 5.41) is 4.64. The summed E-state index contributed by atoms with van der Waals surface area (Å²) in [6.07, 6.45) is 0.366. The molecule has 3 rings (SSSR count). The van der Waals surface area contributed by atoms with Crippen molar-refractivity contribution in [1.29, 1.82) is 0 Å². The molecule has 0 bridgehead atoms. The molecule has 0 aliphatic carbocycles. The van der Waals surface area contributed by atoms with Gasteiger partial charge in [-0.05, 0) is 68.3 Å². The van der Waals surface area contributed by atoms with Gasteiger partial charge in [-0.25, -0.2) is 0 Å². The van der Waals surface area contributed by atoms with Crippen LogP contribution in [0.25, 0.3) is 0 Å². The fourth-order valence-electron chi connectivity index (χ4n) is 3.60. The van der Waals surface area contributed by atoms with E-state index in [0.29, 0.717) is 27.1 Å². The van der Waals surface area contributed by atoms with Crippen LogP contribution in [0, 0.1) is 0 Å². The molecular weight excluding hydrogens is 535 g/mol. The summed E-state index contributed by atoms with van der Waals surface area (Å²) in [4.78, 5) is 29.8. The second-order valence-corrected chi connectivity index (χ2v) is 11.8. The van der Waals surface area contributed by atoms with E-state index in [1.54, 1.807) is 35.2 Å². The molecule has 0 saturated carbocycles. The molecule has 3 aromatic carbocycles. The minimum Gasteiger partial charge on any atom is -0.350 e. The molecule has 2 amide bonds. The molecule has 4 nitrogen and oxygen atoms in total. The van der Waals surface area contributed by atoms with Gasteiger partial charge in [0.05, 0.1) is 5.75 Å². The molecule has 0 spiro atoms. The number of nitrogens with one attached hydrogen (secondary N) is 1. The highest BCUT2D eigenvalue weighted by molar-refractivity contribution is 8.00. The van der Waals surface area contributed by atoms with Crippen LogP contribution < -0.4 is 5.32 Å². The summed E-state index contributed by atoms with van der Waals surface area (Å²) < 4.78 is 0. The topological polar surface area (TPSA) is 49.4 Å². The average Bonchev–Trinajstić information content (AvgIpc) is 2.81. The second kappa shape index (κ2) is 12.9. The Labute approximate surface area is 232 Å². The lowest BCUT2D eigenvalue weighted by atomic mass is 10.0. The van der Waals surface area contributed by atoms with Crippen LogP contribution in [0.3, 0.4) is 0 Å². The SMILES string of the molecule is CC(C)(C)NC(=O)[C@@H](Cc1ccccc1)N(Cc1ccc(Cl)cc1Cl)C(=O)CSc1ccc(Cl)cc1. The molecule has 36 heavy (non-hydrogen) atoms. The zero-order chi connectivity index (χ0) is 26.3. The Balaban J connectivity index is 1.95. The van der Waals surface area contributed by atoms with Crippen LogP contribution in [0.1, 0.15) is 31.9 Å². The first kappa shape index (κ1) is 28.4. The third-order valence-electron chi connectivity index (χ3n) is 5.30. The molecule has 0 radical (unpaired) electrons. The van der Waals surface area contributed by atoms with Crippen LogP contribution >= 0.6 is 46.6 Å². The molecule has 0 aliphatic heterocycles. The van der Waals surface area contributed by atoms with Gasteiger partial charge >= 0.3 is 0 Å². The number of carbonyl (C=O) groups excluding carboxylic acids is 2. The molecule has 8 heteroatoms. The standard InChI is InChI=1S/C28H29Cl3N2O2S/c1-28(2,3)32-27(35)25(15-19-7-5-4-6-8-19)33(17-20-9-10-22(30)16-24(20)31)26(34)18-36-23-13-11-21(29)12-14-23/h4-14,16,25H,15,17-18H2,1-3H3,(H,32,35)/t25-/m1/s1. The highest BCUT2D eigenvalue weighted by Gasteiger charge is 2.32. The van der Waals surface area contributed by atoms with Crippen molar-refractivity contribution in [1.82, 2.24) is 10.2 Å². The summed E-state index contributed by atoms with van der Waals surface area (Å²) >= 11 is 20.0. The van der Waals surface area contributed by atoms with Gasteiger partial charge in [-0.1, -0.05) is 71.2 Å². The van der Waals surface area contributed by atoms with E-state index < -0.39 is 11.6 Å². The fraction of sp³-hybridized carbons (Fsp3) is 0.286. The maximum absolute atomic E-state index is 13.7. The number of thioether (sulfide) groups is 1. The van der Waals surface area contributed by atoms with Crippen molar-refractivity contribution in [2.45, 2.75) is 50.2 Å². The first-order valence-electron chi connectivity index (χ1n) is 11.5. The summed E-state index contributed by atoms with van der Waals surface area (Å²) in [7, 11) is 0. The lowest BCUT2D eigenvalue weighted by Gasteiger charge is -2.34. The molecule has 0 unspecified atom stereocenters. The maximum Gasteiger partial charge on any atom is 0.243 e. The van der Waals surface area contributed by atoms with Gasteiger partial charge < -0.3 is 10.2 Å². The Bertz CT molecular complexity index is 1180. The summed E-state index contributed by atoms with van der Waals surface area (Å²) in [6.45, 7) is 5.93. The Morgan fingerprint density at radius 1 is 0.917 bits per heavy atom. The molecule has 0 aliphatic rings. The van der Waals surface area contributed by atoms with Crippen LogP contribution in [-0.2, 0) is 22.6 Å². The largest absolute Gasteiger partial charge is 0.350 e. The monoisotopic (exact) mass is 562 g/mol. The Hall–Kier alpha value is -2.18. The van der Waals surface area contributed by atoms with E-state index in [4.69, 9.17) is 34.8 Å². The lowest BCUT2D eigenvalue weighted by Crippen LogP contribution is -2.54. The number of hydrogen-bond donors (Lipinski definition) is 1. The maximum atomic E-state index is 13.7. The molecule has 190 valence electrons. The summed E-state index contributed by atoms with van der Waals surface area (Å²) in [5.74, 6) is -0.242. The van der Waals surface area contributed by atoms with Crippen molar-refractivity contribution in [2.75, 3.05) is 5.75 Å². The predicted molar refractivity (Wildman–Crippen MR) is 151 cm³/mol. The first-order chi connectivity index (χ1) is 17.0. The number of halogens is 3. The van der Waals surface area contributed by atoms with E-state index in [-0.39, 0.29) is 24.1 Å². The van der Waals surface area contributed by atoms with E-state index in [1.807, 2.05) is 63.2 Å². The highest BCUT2D eigenvalue weighted by Crippen LogP contribution is 2.26. The summed E-state index contributed by atoms with van der Waals surface area (Å²) in [5.41, 5.74) is 1.21. The van der Waals surface area contributed by atoms with Crippen molar-refractivity contribution in [2.24, 2.45) is 0 Å². The van der Waals surface area contributed by atoms with E-state index >= 15 is 0 Å². The number of benzene rings is 3. The summed E-state index contributed by atoms with van der Waals surface area (Å²) in [6, 6.07) is 21.4. The van der Waals surface area contributed by atoms with Gasteiger partial charge in [-0.15, -0.1) is 11.8 Å². The fourth-order valence-corrected chi connectivity index (χ4v) is 4.98. The number of hydrogen-bond acceptors (Lipinski definition) is 3. The predicted octanol–water partition coefficient (Wildman–Crippen LogP) is 7.29.